The first-order valence-corrected chi connectivity index (χ1v) is 8.58. The van der Waals surface area contributed by atoms with Crippen molar-refractivity contribution in [1.29, 1.82) is 0 Å². The van der Waals surface area contributed by atoms with Gasteiger partial charge in [0.05, 0.1) is 25.6 Å². The van der Waals surface area contributed by atoms with Crippen LogP contribution in [0.1, 0.15) is 51.4 Å². The number of hydrogen-bond donors (Lipinski definition) is 0. The number of ether oxygens (including phenoxy) is 1. The lowest BCUT2D eigenvalue weighted by molar-refractivity contribution is -0.914. The number of rotatable bonds is 3. The Bertz CT molecular complexity index is 382. The summed E-state index contributed by atoms with van der Waals surface area (Å²) in [6.45, 7) is 2.96. The number of quaternary nitrogens is 1. The zero-order valence-electron chi connectivity index (χ0n) is 13.2. The van der Waals surface area contributed by atoms with Crippen LogP contribution in [0.3, 0.4) is 0 Å². The molecular formula is C17H28ClNO2. The van der Waals surface area contributed by atoms with E-state index in [1.807, 2.05) is 0 Å². The first-order chi connectivity index (χ1) is 9.57. The molecule has 0 spiro atoms. The van der Waals surface area contributed by atoms with Crippen LogP contribution in [-0.2, 0) is 9.53 Å². The molecule has 0 atom stereocenters. The summed E-state index contributed by atoms with van der Waals surface area (Å²) in [5.41, 5.74) is -0.0758. The molecule has 4 heteroatoms. The molecule has 0 N–H and O–H groups in total. The Morgan fingerprint density at radius 3 is 2.00 bits per heavy atom. The van der Waals surface area contributed by atoms with Crippen molar-refractivity contribution in [3.63, 3.8) is 0 Å². The van der Waals surface area contributed by atoms with Gasteiger partial charge in [-0.05, 0) is 56.3 Å². The second kappa shape index (κ2) is 5.42. The van der Waals surface area contributed by atoms with E-state index in [2.05, 4.69) is 7.05 Å². The molecule has 0 unspecified atom stereocenters. The molecule has 0 aromatic rings. The van der Waals surface area contributed by atoms with Gasteiger partial charge in [0.25, 0.3) is 0 Å². The lowest BCUT2D eigenvalue weighted by Crippen LogP contribution is -3.00. The number of carbonyl (C=O) groups is 1. The van der Waals surface area contributed by atoms with Crippen LogP contribution in [-0.4, -0.2) is 37.3 Å². The average molecular weight is 314 g/mol. The summed E-state index contributed by atoms with van der Waals surface area (Å²) in [5, 5.41) is 0. The van der Waals surface area contributed by atoms with Crippen LogP contribution in [0.4, 0.5) is 0 Å². The molecule has 21 heavy (non-hydrogen) atoms. The van der Waals surface area contributed by atoms with E-state index in [0.717, 1.165) is 41.5 Å². The number of halogens is 1. The number of hydrogen-bond acceptors (Lipinski definition) is 2. The average Bonchev–Trinajstić information content (AvgIpc) is 2.82. The third-order valence-electron chi connectivity index (χ3n) is 6.62. The number of likely N-dealkylation sites (tertiary alicyclic amines) is 1. The maximum atomic E-state index is 12.8. The van der Waals surface area contributed by atoms with E-state index in [1.165, 1.54) is 45.2 Å². The molecule has 4 bridgehead atoms. The minimum atomic E-state index is -0.0758. The summed E-state index contributed by atoms with van der Waals surface area (Å²) in [6.07, 6.45) is 10.1. The van der Waals surface area contributed by atoms with E-state index >= 15 is 0 Å². The second-order valence-electron chi connectivity index (χ2n) is 8.53. The van der Waals surface area contributed by atoms with Gasteiger partial charge in [0.1, 0.15) is 0 Å². The highest BCUT2D eigenvalue weighted by Crippen LogP contribution is 2.60. The fourth-order valence-electron chi connectivity index (χ4n) is 5.96. The summed E-state index contributed by atoms with van der Waals surface area (Å²) in [5.74, 6) is 2.63. The van der Waals surface area contributed by atoms with E-state index in [1.54, 1.807) is 0 Å². The summed E-state index contributed by atoms with van der Waals surface area (Å²) >= 11 is 0. The third kappa shape index (κ3) is 2.72. The number of carbonyl (C=O) groups excluding carboxylic acids is 1. The standard InChI is InChI=1S/C17H28NO2.ClH/c1-18(4-2-3-5-18)12-20-16(19)17-9-13-6-14(10-17)8-15(7-13)11-17;/h13-15H,2-12H2,1H3;1H/q+1;/p-1. The molecule has 4 aliphatic carbocycles. The van der Waals surface area contributed by atoms with Crippen LogP contribution in [0, 0.1) is 23.2 Å². The van der Waals surface area contributed by atoms with Gasteiger partial charge in [-0.25, -0.2) is 0 Å². The van der Waals surface area contributed by atoms with Gasteiger partial charge in [0.2, 0.25) is 6.73 Å². The second-order valence-corrected chi connectivity index (χ2v) is 8.53. The van der Waals surface area contributed by atoms with Gasteiger partial charge in [-0.15, -0.1) is 0 Å². The van der Waals surface area contributed by atoms with Crippen molar-refractivity contribution in [3.05, 3.63) is 0 Å². The molecule has 0 amide bonds. The van der Waals surface area contributed by atoms with E-state index < -0.39 is 0 Å². The Kier molecular flexibility index (Phi) is 4.03. The summed E-state index contributed by atoms with van der Waals surface area (Å²) < 4.78 is 6.79. The van der Waals surface area contributed by atoms with E-state index in [4.69, 9.17) is 4.74 Å². The van der Waals surface area contributed by atoms with Gasteiger partial charge in [-0.1, -0.05) is 0 Å². The van der Waals surface area contributed by atoms with Gasteiger partial charge in [0.15, 0.2) is 0 Å². The van der Waals surface area contributed by atoms with Crippen molar-refractivity contribution < 1.29 is 26.4 Å². The van der Waals surface area contributed by atoms with E-state index in [9.17, 15) is 4.79 Å². The van der Waals surface area contributed by atoms with Crippen LogP contribution in [0.2, 0.25) is 0 Å². The topological polar surface area (TPSA) is 26.3 Å². The third-order valence-corrected chi connectivity index (χ3v) is 6.62. The van der Waals surface area contributed by atoms with Crippen molar-refractivity contribution in [3.8, 4) is 0 Å². The molecule has 1 aliphatic heterocycles. The Hall–Kier alpha value is -0.280. The maximum absolute atomic E-state index is 12.8. The number of nitrogens with zero attached hydrogens (tertiary/aromatic N) is 1. The molecule has 3 nitrogen and oxygen atoms in total. The van der Waals surface area contributed by atoms with Gasteiger partial charge < -0.3 is 17.1 Å². The monoisotopic (exact) mass is 313 g/mol. The predicted molar refractivity (Wildman–Crippen MR) is 76.7 cm³/mol. The summed E-state index contributed by atoms with van der Waals surface area (Å²) in [7, 11) is 2.24. The van der Waals surface area contributed by atoms with Crippen molar-refractivity contribution in [2.45, 2.75) is 51.4 Å². The van der Waals surface area contributed by atoms with E-state index in [-0.39, 0.29) is 23.8 Å². The van der Waals surface area contributed by atoms with Crippen molar-refractivity contribution in [2.75, 3.05) is 26.9 Å². The fourth-order valence-corrected chi connectivity index (χ4v) is 5.96. The van der Waals surface area contributed by atoms with Crippen LogP contribution in [0.15, 0.2) is 0 Å². The maximum Gasteiger partial charge on any atom is 0.316 e. The molecule has 0 aromatic heterocycles. The highest BCUT2D eigenvalue weighted by Gasteiger charge is 2.55. The Balaban J connectivity index is 0.00000132. The highest BCUT2D eigenvalue weighted by molar-refractivity contribution is 5.77. The van der Waals surface area contributed by atoms with Gasteiger partial charge in [-0.2, -0.15) is 0 Å². The lowest BCUT2D eigenvalue weighted by Gasteiger charge is -2.55. The normalized spacial score (nSPS) is 42.6. The molecule has 5 aliphatic rings. The summed E-state index contributed by atoms with van der Waals surface area (Å²) in [6, 6.07) is 0. The Morgan fingerprint density at radius 1 is 1.05 bits per heavy atom. The molecule has 4 saturated carbocycles. The van der Waals surface area contributed by atoms with Gasteiger partial charge in [0, 0.05) is 12.8 Å². The first-order valence-electron chi connectivity index (χ1n) is 8.58. The largest absolute Gasteiger partial charge is 1.00 e. The molecule has 120 valence electrons. The van der Waals surface area contributed by atoms with Crippen LogP contribution < -0.4 is 12.4 Å². The Morgan fingerprint density at radius 2 is 1.52 bits per heavy atom. The predicted octanol–water partition coefficient (Wildman–Crippen LogP) is -0.0521. The highest BCUT2D eigenvalue weighted by atomic mass is 35.5. The van der Waals surface area contributed by atoms with Crippen LogP contribution >= 0.6 is 0 Å². The summed E-state index contributed by atoms with van der Waals surface area (Å²) in [4.78, 5) is 12.8. The minimum Gasteiger partial charge on any atom is -1.00 e. The molecule has 0 aromatic carbocycles. The quantitative estimate of drug-likeness (QED) is 0.539. The molecule has 1 saturated heterocycles. The molecule has 5 rings (SSSR count). The lowest BCUT2D eigenvalue weighted by atomic mass is 9.49. The van der Waals surface area contributed by atoms with Crippen molar-refractivity contribution >= 4 is 5.97 Å². The minimum absolute atomic E-state index is 0. The van der Waals surface area contributed by atoms with Gasteiger partial charge >= 0.3 is 5.97 Å². The number of esters is 1. The Labute approximate surface area is 134 Å². The van der Waals surface area contributed by atoms with Gasteiger partial charge in [-0.3, -0.25) is 9.28 Å². The van der Waals surface area contributed by atoms with Crippen molar-refractivity contribution in [2.24, 2.45) is 23.2 Å². The zero-order valence-corrected chi connectivity index (χ0v) is 13.9. The van der Waals surface area contributed by atoms with Crippen LogP contribution in [0.25, 0.3) is 0 Å². The molecular weight excluding hydrogens is 286 g/mol. The van der Waals surface area contributed by atoms with E-state index in [0.29, 0.717) is 6.73 Å². The van der Waals surface area contributed by atoms with Crippen molar-refractivity contribution in [1.82, 2.24) is 0 Å². The first kappa shape index (κ1) is 15.6. The smallest absolute Gasteiger partial charge is 0.316 e. The SMILES string of the molecule is C[N+]1(COC(=O)C23CC4CC(CC(C4)C2)C3)CCCC1.[Cl-]. The zero-order chi connectivity index (χ0) is 13.8. The molecule has 0 radical (unpaired) electrons. The fraction of sp³-hybridized carbons (Fsp3) is 0.941. The molecule has 1 heterocycles. The van der Waals surface area contributed by atoms with Crippen LogP contribution in [0.5, 0.6) is 0 Å². The molecule has 5 fully saturated rings.